The van der Waals surface area contributed by atoms with Crippen LogP contribution < -0.4 is 5.32 Å². The molecule has 0 saturated heterocycles. The quantitative estimate of drug-likeness (QED) is 0.768. The average Bonchev–Trinajstić information content (AvgIpc) is 2.84. The number of nitrogens with one attached hydrogen (secondary N) is 1. The van der Waals surface area contributed by atoms with Crippen LogP contribution in [0, 0.1) is 0 Å². The van der Waals surface area contributed by atoms with E-state index in [0.717, 1.165) is 13.1 Å². The Morgan fingerprint density at radius 3 is 2.89 bits per heavy atom. The maximum absolute atomic E-state index is 4.13. The summed E-state index contributed by atoms with van der Waals surface area (Å²) in [6.07, 6.45) is 3.73. The maximum atomic E-state index is 4.13. The molecule has 0 atom stereocenters. The fourth-order valence-corrected chi connectivity index (χ4v) is 3.48. The lowest BCUT2D eigenvalue weighted by molar-refractivity contribution is 0.700. The SMILES string of the molecule is Brc1ccsc1CNCc1ccc2cnccc2c1. The van der Waals surface area contributed by atoms with Gasteiger partial charge in [0.25, 0.3) is 0 Å². The number of nitrogens with zero attached hydrogens (tertiary/aromatic N) is 1. The average molecular weight is 333 g/mol. The lowest BCUT2D eigenvalue weighted by Gasteiger charge is -2.05. The monoisotopic (exact) mass is 332 g/mol. The summed E-state index contributed by atoms with van der Waals surface area (Å²) in [4.78, 5) is 5.47. The van der Waals surface area contributed by atoms with Crippen LogP contribution >= 0.6 is 27.3 Å². The standard InChI is InChI=1S/C15H13BrN2S/c16-14-4-6-19-15(14)10-18-8-11-1-2-13-9-17-5-3-12(13)7-11/h1-7,9,18H,8,10H2. The van der Waals surface area contributed by atoms with Crippen molar-refractivity contribution in [3.05, 3.63) is 63.0 Å². The molecule has 19 heavy (non-hydrogen) atoms. The molecular weight excluding hydrogens is 320 g/mol. The number of thiophene rings is 1. The van der Waals surface area contributed by atoms with E-state index in [1.807, 2.05) is 12.4 Å². The number of halogens is 1. The van der Waals surface area contributed by atoms with Crippen LogP contribution in [0.3, 0.4) is 0 Å². The lowest BCUT2D eigenvalue weighted by Crippen LogP contribution is -2.11. The summed E-state index contributed by atoms with van der Waals surface area (Å²) in [5, 5.41) is 8.01. The van der Waals surface area contributed by atoms with Crippen LogP contribution in [0.25, 0.3) is 10.8 Å². The zero-order chi connectivity index (χ0) is 13.1. The predicted molar refractivity (Wildman–Crippen MR) is 84.3 cm³/mol. The van der Waals surface area contributed by atoms with E-state index in [1.54, 1.807) is 11.3 Å². The van der Waals surface area contributed by atoms with Crippen molar-refractivity contribution < 1.29 is 0 Å². The highest BCUT2D eigenvalue weighted by molar-refractivity contribution is 9.10. The van der Waals surface area contributed by atoms with E-state index >= 15 is 0 Å². The summed E-state index contributed by atoms with van der Waals surface area (Å²) in [5.41, 5.74) is 1.30. The van der Waals surface area contributed by atoms with Crippen LogP contribution in [-0.4, -0.2) is 4.98 Å². The largest absolute Gasteiger partial charge is 0.308 e. The predicted octanol–water partition coefficient (Wildman–Crippen LogP) is 4.35. The molecule has 0 aliphatic carbocycles. The zero-order valence-corrected chi connectivity index (χ0v) is 12.7. The van der Waals surface area contributed by atoms with E-state index in [4.69, 9.17) is 0 Å². The Labute approximate surface area is 124 Å². The molecule has 0 amide bonds. The van der Waals surface area contributed by atoms with Crippen molar-refractivity contribution in [2.45, 2.75) is 13.1 Å². The second kappa shape index (κ2) is 5.82. The van der Waals surface area contributed by atoms with E-state index in [2.05, 4.69) is 61.9 Å². The van der Waals surface area contributed by atoms with Gasteiger partial charge in [-0.25, -0.2) is 0 Å². The van der Waals surface area contributed by atoms with Crippen LogP contribution in [0.1, 0.15) is 10.4 Å². The molecule has 3 aromatic rings. The Morgan fingerprint density at radius 1 is 1.11 bits per heavy atom. The summed E-state index contributed by atoms with van der Waals surface area (Å²) >= 11 is 5.32. The third-order valence-electron chi connectivity index (χ3n) is 3.01. The van der Waals surface area contributed by atoms with Gasteiger partial charge in [0.2, 0.25) is 0 Å². The normalized spacial score (nSPS) is 11.0. The molecule has 0 fully saturated rings. The Kier molecular flexibility index (Phi) is 3.92. The first-order chi connectivity index (χ1) is 9.33. The van der Waals surface area contributed by atoms with Gasteiger partial charge in [-0.2, -0.15) is 0 Å². The van der Waals surface area contributed by atoms with Gasteiger partial charge in [0.05, 0.1) is 0 Å². The topological polar surface area (TPSA) is 24.9 Å². The number of fused-ring (bicyclic) bond motifs is 1. The molecule has 0 aliphatic heterocycles. The summed E-state index contributed by atoms with van der Waals surface area (Å²) in [7, 11) is 0. The first-order valence-corrected chi connectivity index (χ1v) is 7.75. The smallest absolute Gasteiger partial charge is 0.0346 e. The Hall–Kier alpha value is -1.23. The second-order valence-corrected chi connectivity index (χ2v) is 6.21. The molecule has 0 radical (unpaired) electrons. The summed E-state index contributed by atoms with van der Waals surface area (Å²) in [5.74, 6) is 0. The number of aromatic nitrogens is 1. The molecule has 1 N–H and O–H groups in total. The molecule has 2 nitrogen and oxygen atoms in total. The van der Waals surface area contributed by atoms with E-state index < -0.39 is 0 Å². The Morgan fingerprint density at radius 2 is 2.05 bits per heavy atom. The molecule has 4 heteroatoms. The molecule has 2 aromatic heterocycles. The highest BCUT2D eigenvalue weighted by Gasteiger charge is 2.01. The molecule has 3 rings (SSSR count). The van der Waals surface area contributed by atoms with Gasteiger partial charge in [0, 0.05) is 40.2 Å². The third kappa shape index (κ3) is 3.03. The fourth-order valence-electron chi connectivity index (χ4n) is 2.01. The van der Waals surface area contributed by atoms with Crippen LogP contribution in [0.15, 0.2) is 52.6 Å². The number of hydrogen-bond donors (Lipinski definition) is 1. The van der Waals surface area contributed by atoms with Gasteiger partial charge in [-0.1, -0.05) is 12.1 Å². The van der Waals surface area contributed by atoms with E-state index in [0.29, 0.717) is 0 Å². The van der Waals surface area contributed by atoms with Gasteiger partial charge in [0.1, 0.15) is 0 Å². The Bertz CT molecular complexity index is 693. The highest BCUT2D eigenvalue weighted by Crippen LogP contribution is 2.22. The molecular formula is C15H13BrN2S. The van der Waals surface area contributed by atoms with Crippen molar-refractivity contribution in [1.29, 1.82) is 0 Å². The van der Waals surface area contributed by atoms with Crippen molar-refractivity contribution in [3.63, 3.8) is 0 Å². The highest BCUT2D eigenvalue weighted by atomic mass is 79.9. The van der Waals surface area contributed by atoms with E-state index in [-0.39, 0.29) is 0 Å². The van der Waals surface area contributed by atoms with Crippen LogP contribution in [0.4, 0.5) is 0 Å². The van der Waals surface area contributed by atoms with Crippen molar-refractivity contribution in [2.75, 3.05) is 0 Å². The summed E-state index contributed by atoms with van der Waals surface area (Å²) in [6, 6.07) is 10.6. The van der Waals surface area contributed by atoms with E-state index in [1.165, 1.54) is 25.7 Å². The molecule has 0 aliphatic rings. The molecule has 2 heterocycles. The maximum Gasteiger partial charge on any atom is 0.0346 e. The van der Waals surface area contributed by atoms with Crippen molar-refractivity contribution in [1.82, 2.24) is 10.3 Å². The van der Waals surface area contributed by atoms with Gasteiger partial charge in [0.15, 0.2) is 0 Å². The van der Waals surface area contributed by atoms with Gasteiger partial charge < -0.3 is 5.32 Å². The number of rotatable bonds is 4. The first kappa shape index (κ1) is 12.8. The van der Waals surface area contributed by atoms with Gasteiger partial charge in [-0.3, -0.25) is 4.98 Å². The Balaban J connectivity index is 1.67. The summed E-state index contributed by atoms with van der Waals surface area (Å²) in [6.45, 7) is 1.77. The molecule has 0 unspecified atom stereocenters. The van der Waals surface area contributed by atoms with Crippen LogP contribution in [-0.2, 0) is 13.1 Å². The van der Waals surface area contributed by atoms with Crippen LogP contribution in [0.5, 0.6) is 0 Å². The summed E-state index contributed by atoms with van der Waals surface area (Å²) < 4.78 is 1.19. The molecule has 0 spiro atoms. The molecule has 96 valence electrons. The van der Waals surface area contributed by atoms with Gasteiger partial charge in [-0.05, 0) is 50.5 Å². The van der Waals surface area contributed by atoms with Crippen LogP contribution in [0.2, 0.25) is 0 Å². The third-order valence-corrected chi connectivity index (χ3v) is 4.94. The van der Waals surface area contributed by atoms with Gasteiger partial charge >= 0.3 is 0 Å². The lowest BCUT2D eigenvalue weighted by atomic mass is 10.1. The first-order valence-electron chi connectivity index (χ1n) is 6.08. The van der Waals surface area contributed by atoms with E-state index in [9.17, 15) is 0 Å². The molecule has 1 aromatic carbocycles. The van der Waals surface area contributed by atoms with Gasteiger partial charge in [-0.15, -0.1) is 11.3 Å². The second-order valence-electron chi connectivity index (χ2n) is 4.35. The van der Waals surface area contributed by atoms with Crippen molar-refractivity contribution in [2.24, 2.45) is 0 Å². The zero-order valence-electron chi connectivity index (χ0n) is 10.3. The minimum atomic E-state index is 0.878. The number of hydrogen-bond acceptors (Lipinski definition) is 3. The number of benzene rings is 1. The molecule has 0 saturated carbocycles. The molecule has 0 bridgehead atoms. The van der Waals surface area contributed by atoms with Crippen molar-refractivity contribution >= 4 is 38.0 Å². The fraction of sp³-hybridized carbons (Fsp3) is 0.133. The minimum absolute atomic E-state index is 0.878. The number of pyridine rings is 1. The van der Waals surface area contributed by atoms with Crippen molar-refractivity contribution in [3.8, 4) is 0 Å². The minimum Gasteiger partial charge on any atom is -0.308 e.